The van der Waals surface area contributed by atoms with Crippen LogP contribution in [0.4, 0.5) is 4.79 Å². The minimum absolute atomic E-state index is 0.342. The average Bonchev–Trinajstić information content (AvgIpc) is 1.79. The van der Waals surface area contributed by atoms with E-state index in [2.05, 4.69) is 0 Å². The molecule has 0 aromatic heterocycles. The third-order valence-corrected chi connectivity index (χ3v) is 2.43. The van der Waals surface area contributed by atoms with Crippen molar-refractivity contribution in [3.05, 3.63) is 0 Å². The number of nitrogens with two attached hydrogens (primary N) is 2. The predicted molar refractivity (Wildman–Crippen MR) is 50.1 cm³/mol. The average molecular weight is 186 g/mol. The number of ether oxygens (including phenoxy) is 1. The van der Waals surface area contributed by atoms with E-state index in [0.717, 1.165) is 19.3 Å². The van der Waals surface area contributed by atoms with Crippen molar-refractivity contribution in [2.75, 3.05) is 0 Å². The third-order valence-electron chi connectivity index (χ3n) is 2.43. The quantitative estimate of drug-likeness (QED) is 0.689. The van der Waals surface area contributed by atoms with Gasteiger partial charge in [-0.3, -0.25) is 0 Å². The van der Waals surface area contributed by atoms with Gasteiger partial charge in [-0.2, -0.15) is 0 Å². The lowest BCUT2D eigenvalue weighted by atomic mass is 9.75. The van der Waals surface area contributed by atoms with Crippen molar-refractivity contribution in [3.8, 4) is 0 Å². The molecule has 1 saturated carbocycles. The molecule has 1 aliphatic rings. The number of carbonyl (C=O) groups is 1. The topological polar surface area (TPSA) is 78.3 Å². The minimum Gasteiger partial charge on any atom is -0.444 e. The van der Waals surface area contributed by atoms with Gasteiger partial charge in [0, 0.05) is 6.04 Å². The van der Waals surface area contributed by atoms with Crippen molar-refractivity contribution in [2.45, 2.75) is 44.8 Å². The maximum absolute atomic E-state index is 10.5. The first kappa shape index (κ1) is 10.3. The van der Waals surface area contributed by atoms with Gasteiger partial charge in [0.25, 0.3) is 0 Å². The third kappa shape index (κ3) is 3.22. The molecule has 76 valence electrons. The normalized spacial score (nSPS) is 27.9. The predicted octanol–water partition coefficient (Wildman–Crippen LogP) is 0.988. The van der Waals surface area contributed by atoms with Crippen molar-refractivity contribution < 1.29 is 9.53 Å². The standard InChI is InChI=1S/C9H18N2O2/c1-9(2,13-8(11)12)5-6-3-7(10)4-6/h6-7H,3-5,10H2,1-2H3,(H2,11,12)/t6-,7-. The zero-order valence-corrected chi connectivity index (χ0v) is 8.25. The molecule has 0 aromatic carbocycles. The second-order valence-corrected chi connectivity index (χ2v) is 4.48. The van der Waals surface area contributed by atoms with E-state index in [1.165, 1.54) is 0 Å². The fourth-order valence-electron chi connectivity index (χ4n) is 1.96. The van der Waals surface area contributed by atoms with Crippen LogP contribution in [0.1, 0.15) is 33.1 Å². The maximum Gasteiger partial charge on any atom is 0.405 e. The first-order chi connectivity index (χ1) is 5.89. The molecule has 4 nitrogen and oxygen atoms in total. The summed E-state index contributed by atoms with van der Waals surface area (Å²) in [5.74, 6) is 0.587. The van der Waals surface area contributed by atoms with Gasteiger partial charge in [-0.25, -0.2) is 4.79 Å². The van der Waals surface area contributed by atoms with Gasteiger partial charge in [0.05, 0.1) is 0 Å². The van der Waals surface area contributed by atoms with Crippen LogP contribution >= 0.6 is 0 Å². The monoisotopic (exact) mass is 186 g/mol. The Hall–Kier alpha value is -0.770. The van der Waals surface area contributed by atoms with Crippen molar-refractivity contribution >= 4 is 6.09 Å². The van der Waals surface area contributed by atoms with Gasteiger partial charge in [0.2, 0.25) is 0 Å². The van der Waals surface area contributed by atoms with E-state index >= 15 is 0 Å². The van der Waals surface area contributed by atoms with E-state index < -0.39 is 11.7 Å². The summed E-state index contributed by atoms with van der Waals surface area (Å²) in [7, 11) is 0. The molecule has 0 unspecified atom stereocenters. The van der Waals surface area contributed by atoms with E-state index in [9.17, 15) is 4.79 Å². The Morgan fingerprint density at radius 3 is 2.46 bits per heavy atom. The number of carbonyl (C=O) groups excluding carboxylic acids is 1. The smallest absolute Gasteiger partial charge is 0.405 e. The Labute approximate surface area is 78.6 Å². The Balaban J connectivity index is 2.29. The maximum atomic E-state index is 10.5. The van der Waals surface area contributed by atoms with E-state index in [4.69, 9.17) is 16.2 Å². The summed E-state index contributed by atoms with van der Waals surface area (Å²) in [6.07, 6.45) is 2.22. The van der Waals surface area contributed by atoms with Gasteiger partial charge in [-0.05, 0) is 39.0 Å². The van der Waals surface area contributed by atoms with Crippen molar-refractivity contribution in [3.63, 3.8) is 0 Å². The van der Waals surface area contributed by atoms with Gasteiger partial charge in [-0.1, -0.05) is 0 Å². The molecule has 1 amide bonds. The fraction of sp³-hybridized carbons (Fsp3) is 0.889. The number of amides is 1. The lowest BCUT2D eigenvalue weighted by Crippen LogP contribution is -2.41. The largest absolute Gasteiger partial charge is 0.444 e. The summed E-state index contributed by atoms with van der Waals surface area (Å²) in [6.45, 7) is 3.75. The molecule has 0 radical (unpaired) electrons. The van der Waals surface area contributed by atoms with Crippen LogP contribution in [-0.2, 0) is 4.74 Å². The molecular formula is C9H18N2O2. The Bertz CT molecular complexity index is 198. The fourth-order valence-corrected chi connectivity index (χ4v) is 1.96. The van der Waals surface area contributed by atoms with Gasteiger partial charge in [0.1, 0.15) is 5.60 Å². The summed E-state index contributed by atoms with van der Waals surface area (Å²) in [6, 6.07) is 0.342. The van der Waals surface area contributed by atoms with Gasteiger partial charge < -0.3 is 16.2 Å². The number of primary amides is 1. The highest BCUT2D eigenvalue weighted by atomic mass is 16.6. The van der Waals surface area contributed by atoms with Crippen LogP contribution in [0.25, 0.3) is 0 Å². The zero-order chi connectivity index (χ0) is 10.1. The molecule has 1 rings (SSSR count). The molecule has 0 spiro atoms. The molecule has 0 heterocycles. The first-order valence-electron chi connectivity index (χ1n) is 4.63. The van der Waals surface area contributed by atoms with Gasteiger partial charge in [-0.15, -0.1) is 0 Å². The van der Waals surface area contributed by atoms with E-state index in [0.29, 0.717) is 12.0 Å². The highest BCUT2D eigenvalue weighted by Gasteiger charge is 2.33. The summed E-state index contributed by atoms with van der Waals surface area (Å²) in [5, 5.41) is 0. The van der Waals surface area contributed by atoms with Crippen LogP contribution in [0.15, 0.2) is 0 Å². The lowest BCUT2D eigenvalue weighted by Gasteiger charge is -2.37. The highest BCUT2D eigenvalue weighted by molar-refractivity contribution is 5.65. The molecule has 0 saturated heterocycles. The van der Waals surface area contributed by atoms with Crippen LogP contribution in [0.2, 0.25) is 0 Å². The van der Waals surface area contributed by atoms with Gasteiger partial charge >= 0.3 is 6.09 Å². The van der Waals surface area contributed by atoms with Crippen LogP contribution in [0.5, 0.6) is 0 Å². The molecule has 4 heteroatoms. The van der Waals surface area contributed by atoms with Crippen LogP contribution < -0.4 is 11.5 Å². The second-order valence-electron chi connectivity index (χ2n) is 4.48. The molecule has 0 bridgehead atoms. The molecule has 1 aliphatic carbocycles. The second kappa shape index (κ2) is 3.54. The van der Waals surface area contributed by atoms with Crippen molar-refractivity contribution in [1.82, 2.24) is 0 Å². The first-order valence-corrected chi connectivity index (χ1v) is 4.63. The number of rotatable bonds is 3. The lowest BCUT2D eigenvalue weighted by molar-refractivity contribution is 0.0133. The molecule has 0 atom stereocenters. The van der Waals surface area contributed by atoms with Crippen LogP contribution in [-0.4, -0.2) is 17.7 Å². The van der Waals surface area contributed by atoms with Crippen LogP contribution in [0, 0.1) is 5.92 Å². The minimum atomic E-state index is -0.700. The zero-order valence-electron chi connectivity index (χ0n) is 8.25. The molecule has 4 N–H and O–H groups in total. The highest BCUT2D eigenvalue weighted by Crippen LogP contribution is 2.34. The molecule has 1 fully saturated rings. The van der Waals surface area contributed by atoms with E-state index in [-0.39, 0.29) is 0 Å². The summed E-state index contributed by atoms with van der Waals surface area (Å²) in [5.41, 5.74) is 10.2. The Morgan fingerprint density at radius 1 is 1.54 bits per heavy atom. The van der Waals surface area contributed by atoms with Crippen molar-refractivity contribution in [2.24, 2.45) is 17.4 Å². The molecule has 13 heavy (non-hydrogen) atoms. The number of hydrogen-bond donors (Lipinski definition) is 2. The van der Waals surface area contributed by atoms with Crippen LogP contribution in [0.3, 0.4) is 0 Å². The molecular weight excluding hydrogens is 168 g/mol. The Kier molecular flexibility index (Phi) is 2.81. The molecule has 0 aromatic rings. The summed E-state index contributed by atoms with van der Waals surface area (Å²) in [4.78, 5) is 10.5. The van der Waals surface area contributed by atoms with Gasteiger partial charge in [0.15, 0.2) is 0 Å². The SMILES string of the molecule is CC(C)(C[C@H]1C[C@H](N)C1)OC(N)=O. The van der Waals surface area contributed by atoms with E-state index in [1.54, 1.807) is 0 Å². The summed E-state index contributed by atoms with van der Waals surface area (Å²) < 4.78 is 4.98. The summed E-state index contributed by atoms with van der Waals surface area (Å²) >= 11 is 0. The van der Waals surface area contributed by atoms with Crippen molar-refractivity contribution in [1.29, 1.82) is 0 Å². The van der Waals surface area contributed by atoms with E-state index in [1.807, 2.05) is 13.8 Å². The molecule has 0 aliphatic heterocycles. The number of hydrogen-bond acceptors (Lipinski definition) is 3. The Morgan fingerprint density at radius 2 is 2.08 bits per heavy atom.